The summed E-state index contributed by atoms with van der Waals surface area (Å²) < 4.78 is 14.0. The largest absolute Gasteiger partial charge is 0.480 e. The third-order valence-electron chi connectivity index (χ3n) is 2.95. The molecule has 0 fully saturated rings. The van der Waals surface area contributed by atoms with Crippen LogP contribution in [0.2, 0.25) is 0 Å². The highest BCUT2D eigenvalue weighted by atomic mass is 19.1. The average Bonchev–Trinajstić information content (AvgIpc) is 2.69. The molecule has 2 aromatic rings. The summed E-state index contributed by atoms with van der Waals surface area (Å²) >= 11 is 0. The molecule has 0 saturated heterocycles. The van der Waals surface area contributed by atoms with Crippen molar-refractivity contribution >= 4 is 22.8 Å². The summed E-state index contributed by atoms with van der Waals surface area (Å²) in [6, 6.07) is 6.76. The second-order valence-electron chi connectivity index (χ2n) is 4.09. The summed E-state index contributed by atoms with van der Waals surface area (Å²) in [5, 5.41) is 18.6. The molecule has 0 bridgehead atoms. The summed E-state index contributed by atoms with van der Waals surface area (Å²) in [7, 11) is 0. The van der Waals surface area contributed by atoms with Gasteiger partial charge in [0.25, 0.3) is 0 Å². The van der Waals surface area contributed by atoms with E-state index in [0.29, 0.717) is 10.9 Å². The van der Waals surface area contributed by atoms with Crippen molar-refractivity contribution in [2.45, 2.75) is 12.5 Å². The lowest BCUT2D eigenvalue weighted by Gasteiger charge is -2.05. The zero-order chi connectivity index (χ0) is 14.0. The third kappa shape index (κ3) is 2.29. The van der Waals surface area contributed by atoms with E-state index in [9.17, 15) is 14.0 Å². The van der Waals surface area contributed by atoms with Gasteiger partial charge in [-0.05, 0) is 6.07 Å². The van der Waals surface area contributed by atoms with E-state index < -0.39 is 24.5 Å². The van der Waals surface area contributed by atoms with Crippen molar-refractivity contribution in [2.75, 3.05) is 6.67 Å². The maximum absolute atomic E-state index is 12.5. The van der Waals surface area contributed by atoms with E-state index in [1.165, 1.54) is 10.8 Å². The van der Waals surface area contributed by atoms with Crippen LogP contribution in [-0.2, 0) is 16.1 Å². The van der Waals surface area contributed by atoms with E-state index in [-0.39, 0.29) is 12.1 Å². The lowest BCUT2D eigenvalue weighted by Crippen LogP contribution is -2.20. The second-order valence-corrected chi connectivity index (χ2v) is 4.09. The number of para-hydroxylation sites is 1. The van der Waals surface area contributed by atoms with E-state index in [1.54, 1.807) is 24.3 Å². The van der Waals surface area contributed by atoms with Crippen LogP contribution in [0.15, 0.2) is 30.5 Å². The molecule has 0 aliphatic carbocycles. The van der Waals surface area contributed by atoms with Crippen LogP contribution >= 0.6 is 0 Å². The zero-order valence-electron chi connectivity index (χ0n) is 9.91. The number of alkyl halides is 1. The first-order valence-electron chi connectivity index (χ1n) is 5.65. The molecule has 19 heavy (non-hydrogen) atoms. The smallest absolute Gasteiger partial charge is 0.322 e. The van der Waals surface area contributed by atoms with Gasteiger partial charge < -0.3 is 14.8 Å². The van der Waals surface area contributed by atoms with Crippen LogP contribution in [0.1, 0.15) is 11.5 Å². The van der Waals surface area contributed by atoms with Crippen molar-refractivity contribution < 1.29 is 24.2 Å². The number of hydrogen-bond donors (Lipinski definition) is 2. The van der Waals surface area contributed by atoms with Crippen LogP contribution in [0.4, 0.5) is 4.39 Å². The van der Waals surface area contributed by atoms with Gasteiger partial charge in [0, 0.05) is 22.7 Å². The van der Waals surface area contributed by atoms with Crippen molar-refractivity contribution in [3.8, 4) is 0 Å². The molecule has 2 rings (SSSR count). The fourth-order valence-corrected chi connectivity index (χ4v) is 2.15. The highest BCUT2D eigenvalue weighted by Crippen LogP contribution is 2.28. The summed E-state index contributed by atoms with van der Waals surface area (Å²) in [4.78, 5) is 22.2. The number of aromatic nitrogens is 1. The minimum Gasteiger partial charge on any atom is -0.480 e. The topological polar surface area (TPSA) is 79.5 Å². The van der Waals surface area contributed by atoms with E-state index in [1.807, 2.05) is 0 Å². The highest BCUT2D eigenvalue weighted by molar-refractivity contribution is 6.03. The first-order chi connectivity index (χ1) is 9.06. The average molecular weight is 265 g/mol. The summed E-state index contributed by atoms with van der Waals surface area (Å²) in [6.45, 7) is -0.546. The molecule has 0 unspecified atom stereocenters. The quantitative estimate of drug-likeness (QED) is 0.809. The van der Waals surface area contributed by atoms with Gasteiger partial charge >= 0.3 is 11.9 Å². The van der Waals surface area contributed by atoms with Gasteiger partial charge in [-0.1, -0.05) is 18.2 Å². The standard InChI is InChI=1S/C13H12FNO4/c14-5-6-15-7-9(11(12(16)17)13(18)19)8-3-1-2-4-10(8)15/h1-4,7,11H,5-6H2,(H,16,17)(H,18,19). The van der Waals surface area contributed by atoms with Crippen molar-refractivity contribution in [2.24, 2.45) is 0 Å². The molecular formula is C13H12FNO4. The monoisotopic (exact) mass is 265 g/mol. The third-order valence-corrected chi connectivity index (χ3v) is 2.95. The Labute approximate surface area is 107 Å². The van der Waals surface area contributed by atoms with E-state index in [2.05, 4.69) is 0 Å². The maximum Gasteiger partial charge on any atom is 0.322 e. The minimum absolute atomic E-state index is 0.0620. The molecule has 1 aromatic carbocycles. The number of rotatable bonds is 5. The SMILES string of the molecule is O=C(O)C(C(=O)O)c1cn(CCF)c2ccccc12. The number of aryl methyl sites for hydroxylation is 1. The van der Waals surface area contributed by atoms with Crippen LogP contribution in [0.3, 0.4) is 0 Å². The van der Waals surface area contributed by atoms with Crippen molar-refractivity contribution in [3.05, 3.63) is 36.0 Å². The van der Waals surface area contributed by atoms with Gasteiger partial charge in [-0.3, -0.25) is 9.59 Å². The number of aliphatic carboxylic acids is 2. The molecule has 5 nitrogen and oxygen atoms in total. The molecule has 100 valence electrons. The van der Waals surface area contributed by atoms with Gasteiger partial charge in [-0.25, -0.2) is 4.39 Å². The summed E-state index contributed by atoms with van der Waals surface area (Å²) in [6.07, 6.45) is 1.40. The van der Waals surface area contributed by atoms with Crippen LogP contribution in [0.25, 0.3) is 10.9 Å². The zero-order valence-corrected chi connectivity index (χ0v) is 9.91. The molecule has 0 aliphatic rings. The van der Waals surface area contributed by atoms with Gasteiger partial charge in [0.15, 0.2) is 5.92 Å². The maximum atomic E-state index is 12.5. The molecular weight excluding hydrogens is 253 g/mol. The number of carbonyl (C=O) groups is 2. The fraction of sp³-hybridized carbons (Fsp3) is 0.231. The van der Waals surface area contributed by atoms with Crippen LogP contribution < -0.4 is 0 Å². The Hall–Kier alpha value is -2.37. The van der Waals surface area contributed by atoms with Crippen molar-refractivity contribution in [1.82, 2.24) is 4.57 Å². The van der Waals surface area contributed by atoms with Gasteiger partial charge in [-0.15, -0.1) is 0 Å². The first kappa shape index (κ1) is 13.1. The van der Waals surface area contributed by atoms with Crippen molar-refractivity contribution in [3.63, 3.8) is 0 Å². The number of carboxylic acids is 2. The number of hydrogen-bond acceptors (Lipinski definition) is 2. The van der Waals surface area contributed by atoms with Crippen LogP contribution in [0.5, 0.6) is 0 Å². The Morgan fingerprint density at radius 3 is 2.42 bits per heavy atom. The van der Waals surface area contributed by atoms with E-state index in [0.717, 1.165) is 0 Å². The predicted octanol–water partition coefficient (Wildman–Crippen LogP) is 1.86. The molecule has 1 aromatic heterocycles. The molecule has 0 aliphatic heterocycles. The fourth-order valence-electron chi connectivity index (χ4n) is 2.15. The molecule has 2 N–H and O–H groups in total. The minimum atomic E-state index is -1.65. The second kappa shape index (κ2) is 5.09. The highest BCUT2D eigenvalue weighted by Gasteiger charge is 2.30. The molecule has 0 spiro atoms. The van der Waals surface area contributed by atoms with Gasteiger partial charge in [0.05, 0.1) is 6.54 Å². The molecule has 6 heteroatoms. The molecule has 0 radical (unpaired) electrons. The Morgan fingerprint density at radius 2 is 1.84 bits per heavy atom. The lowest BCUT2D eigenvalue weighted by atomic mass is 9.99. The molecule has 0 amide bonds. The van der Waals surface area contributed by atoms with Crippen LogP contribution in [0, 0.1) is 0 Å². The Morgan fingerprint density at radius 1 is 1.21 bits per heavy atom. The van der Waals surface area contributed by atoms with Crippen molar-refractivity contribution in [1.29, 1.82) is 0 Å². The lowest BCUT2D eigenvalue weighted by molar-refractivity contribution is -0.149. The van der Waals surface area contributed by atoms with Gasteiger partial charge in [0.1, 0.15) is 6.67 Å². The number of halogens is 1. The molecule has 0 saturated carbocycles. The van der Waals surface area contributed by atoms with Crippen LogP contribution in [-0.4, -0.2) is 33.4 Å². The van der Waals surface area contributed by atoms with Gasteiger partial charge in [0.2, 0.25) is 0 Å². The number of carboxylic acid groups (broad SMARTS) is 2. The molecule has 0 atom stereocenters. The molecule has 1 heterocycles. The normalized spacial score (nSPS) is 11.1. The van der Waals surface area contributed by atoms with Gasteiger partial charge in [-0.2, -0.15) is 0 Å². The van der Waals surface area contributed by atoms with E-state index >= 15 is 0 Å². The Kier molecular flexibility index (Phi) is 3.50. The number of fused-ring (bicyclic) bond motifs is 1. The Bertz CT molecular complexity index is 621. The number of benzene rings is 1. The predicted molar refractivity (Wildman–Crippen MR) is 65.9 cm³/mol. The number of nitrogens with zero attached hydrogens (tertiary/aromatic N) is 1. The summed E-state index contributed by atoms with van der Waals surface area (Å²) in [5.74, 6) is -4.52. The Balaban J connectivity index is 2.66. The van der Waals surface area contributed by atoms with E-state index in [4.69, 9.17) is 10.2 Å². The summed E-state index contributed by atoms with van der Waals surface area (Å²) in [5.41, 5.74) is 0.798. The first-order valence-corrected chi connectivity index (χ1v) is 5.65.